The summed E-state index contributed by atoms with van der Waals surface area (Å²) in [4.78, 5) is 0. The van der Waals surface area contributed by atoms with E-state index in [9.17, 15) is 13.2 Å². The summed E-state index contributed by atoms with van der Waals surface area (Å²) < 4.78 is 36.6. The Morgan fingerprint density at radius 1 is 1.18 bits per heavy atom. The van der Waals surface area contributed by atoms with E-state index in [0.717, 1.165) is 11.1 Å². The van der Waals surface area contributed by atoms with Crippen LogP contribution >= 0.6 is 0 Å². The predicted molar refractivity (Wildman–Crippen MR) is 62.9 cm³/mol. The van der Waals surface area contributed by atoms with Gasteiger partial charge in [0.15, 0.2) is 0 Å². The molecule has 0 aliphatic heterocycles. The zero-order valence-electron chi connectivity index (χ0n) is 10.3. The average Bonchev–Trinajstić information content (AvgIpc) is 2.14. The molecule has 17 heavy (non-hydrogen) atoms. The SMILES string of the molecule is Cc1ccccc1C(C)NC(C)CC(F)(F)F. The van der Waals surface area contributed by atoms with Gasteiger partial charge in [-0.15, -0.1) is 0 Å². The van der Waals surface area contributed by atoms with Crippen molar-refractivity contribution in [2.45, 2.75) is 45.5 Å². The van der Waals surface area contributed by atoms with Gasteiger partial charge in [0, 0.05) is 12.1 Å². The maximum Gasteiger partial charge on any atom is 0.390 e. The monoisotopic (exact) mass is 245 g/mol. The first kappa shape index (κ1) is 14.0. The lowest BCUT2D eigenvalue weighted by Gasteiger charge is -2.22. The van der Waals surface area contributed by atoms with Crippen molar-refractivity contribution in [3.63, 3.8) is 0 Å². The van der Waals surface area contributed by atoms with Crippen molar-refractivity contribution in [3.05, 3.63) is 35.4 Å². The summed E-state index contributed by atoms with van der Waals surface area (Å²) in [7, 11) is 0. The van der Waals surface area contributed by atoms with E-state index < -0.39 is 18.6 Å². The van der Waals surface area contributed by atoms with Gasteiger partial charge in [-0.2, -0.15) is 13.2 Å². The summed E-state index contributed by atoms with van der Waals surface area (Å²) >= 11 is 0. The Hall–Kier alpha value is -1.03. The van der Waals surface area contributed by atoms with Crippen LogP contribution in [0.1, 0.15) is 37.4 Å². The number of hydrogen-bond acceptors (Lipinski definition) is 1. The highest BCUT2D eigenvalue weighted by Crippen LogP contribution is 2.23. The lowest BCUT2D eigenvalue weighted by Crippen LogP contribution is -2.33. The van der Waals surface area contributed by atoms with Crippen molar-refractivity contribution in [2.75, 3.05) is 0 Å². The number of hydrogen-bond donors (Lipinski definition) is 1. The second-order valence-electron chi connectivity index (χ2n) is 4.47. The fourth-order valence-corrected chi connectivity index (χ4v) is 2.00. The second kappa shape index (κ2) is 5.54. The maximum absolute atomic E-state index is 12.2. The number of rotatable bonds is 4. The van der Waals surface area contributed by atoms with Crippen LogP contribution in [0.5, 0.6) is 0 Å². The van der Waals surface area contributed by atoms with Crippen molar-refractivity contribution in [1.82, 2.24) is 5.32 Å². The van der Waals surface area contributed by atoms with Crippen molar-refractivity contribution in [1.29, 1.82) is 0 Å². The molecule has 1 aromatic rings. The normalized spacial score (nSPS) is 15.6. The third-order valence-corrected chi connectivity index (χ3v) is 2.73. The molecule has 0 saturated heterocycles. The number of halogens is 3. The van der Waals surface area contributed by atoms with Crippen molar-refractivity contribution < 1.29 is 13.2 Å². The average molecular weight is 245 g/mol. The zero-order chi connectivity index (χ0) is 13.1. The van der Waals surface area contributed by atoms with E-state index in [0.29, 0.717) is 0 Å². The van der Waals surface area contributed by atoms with Crippen LogP contribution in [0.4, 0.5) is 13.2 Å². The van der Waals surface area contributed by atoms with Gasteiger partial charge in [0.05, 0.1) is 6.42 Å². The second-order valence-corrected chi connectivity index (χ2v) is 4.47. The number of benzene rings is 1. The largest absolute Gasteiger partial charge is 0.390 e. The van der Waals surface area contributed by atoms with Gasteiger partial charge in [-0.3, -0.25) is 0 Å². The molecule has 96 valence electrons. The third-order valence-electron chi connectivity index (χ3n) is 2.73. The molecular weight excluding hydrogens is 227 g/mol. The van der Waals surface area contributed by atoms with Crippen LogP contribution in [0.25, 0.3) is 0 Å². The number of alkyl halides is 3. The summed E-state index contributed by atoms with van der Waals surface area (Å²) in [6.45, 7) is 5.40. The van der Waals surface area contributed by atoms with E-state index in [-0.39, 0.29) is 6.04 Å². The smallest absolute Gasteiger partial charge is 0.307 e. The molecule has 0 aliphatic rings. The predicted octanol–water partition coefficient (Wildman–Crippen LogP) is 3.99. The first-order valence-electron chi connectivity index (χ1n) is 5.68. The third kappa shape index (κ3) is 4.77. The highest BCUT2D eigenvalue weighted by Gasteiger charge is 2.30. The van der Waals surface area contributed by atoms with Crippen molar-refractivity contribution in [2.24, 2.45) is 0 Å². The number of nitrogens with one attached hydrogen (secondary N) is 1. The van der Waals surface area contributed by atoms with Gasteiger partial charge in [-0.1, -0.05) is 24.3 Å². The molecule has 0 aromatic heterocycles. The van der Waals surface area contributed by atoms with Crippen LogP contribution in [0.15, 0.2) is 24.3 Å². The Kier molecular flexibility index (Phi) is 4.57. The van der Waals surface area contributed by atoms with E-state index in [1.807, 2.05) is 38.1 Å². The van der Waals surface area contributed by atoms with Gasteiger partial charge in [0.1, 0.15) is 0 Å². The van der Waals surface area contributed by atoms with Crippen LogP contribution in [-0.4, -0.2) is 12.2 Å². The topological polar surface area (TPSA) is 12.0 Å². The molecule has 2 atom stereocenters. The summed E-state index contributed by atoms with van der Waals surface area (Å²) in [5.74, 6) is 0. The zero-order valence-corrected chi connectivity index (χ0v) is 10.3. The molecule has 1 rings (SSSR count). The summed E-state index contributed by atoms with van der Waals surface area (Å²) in [6, 6.07) is 7.06. The van der Waals surface area contributed by atoms with Crippen LogP contribution in [0.2, 0.25) is 0 Å². The molecule has 0 heterocycles. The van der Waals surface area contributed by atoms with Gasteiger partial charge in [-0.05, 0) is 31.9 Å². The first-order valence-corrected chi connectivity index (χ1v) is 5.68. The van der Waals surface area contributed by atoms with Crippen molar-refractivity contribution >= 4 is 0 Å². The van der Waals surface area contributed by atoms with Crippen LogP contribution in [0.3, 0.4) is 0 Å². The quantitative estimate of drug-likeness (QED) is 0.845. The Morgan fingerprint density at radius 3 is 2.29 bits per heavy atom. The van der Waals surface area contributed by atoms with E-state index in [4.69, 9.17) is 0 Å². The molecule has 4 heteroatoms. The van der Waals surface area contributed by atoms with Crippen molar-refractivity contribution in [3.8, 4) is 0 Å². The molecule has 1 N–H and O–H groups in total. The Balaban J connectivity index is 2.61. The van der Waals surface area contributed by atoms with Crippen LogP contribution in [-0.2, 0) is 0 Å². The first-order chi connectivity index (χ1) is 7.79. The van der Waals surface area contributed by atoms with Crippen LogP contribution < -0.4 is 5.32 Å². The molecule has 0 bridgehead atoms. The molecule has 0 fully saturated rings. The molecule has 0 amide bonds. The molecular formula is C13H18F3N. The Labute approximate surface area is 100 Å². The molecule has 0 spiro atoms. The Bertz CT molecular complexity index is 360. The van der Waals surface area contributed by atoms with E-state index in [1.165, 1.54) is 0 Å². The van der Waals surface area contributed by atoms with Gasteiger partial charge in [0.25, 0.3) is 0 Å². The fourth-order valence-electron chi connectivity index (χ4n) is 2.00. The molecule has 1 nitrogen and oxygen atoms in total. The minimum atomic E-state index is -4.11. The molecule has 0 radical (unpaired) electrons. The minimum Gasteiger partial charge on any atom is -0.307 e. The van der Waals surface area contributed by atoms with Gasteiger partial charge >= 0.3 is 6.18 Å². The summed E-state index contributed by atoms with van der Waals surface area (Å²) in [5, 5.41) is 2.97. The lowest BCUT2D eigenvalue weighted by atomic mass is 10.0. The molecule has 0 saturated carbocycles. The molecule has 1 aromatic carbocycles. The summed E-state index contributed by atoms with van der Waals surface area (Å²) in [6.07, 6.45) is -4.92. The lowest BCUT2D eigenvalue weighted by molar-refractivity contribution is -0.139. The van der Waals surface area contributed by atoms with E-state index >= 15 is 0 Å². The minimum absolute atomic E-state index is 0.0754. The standard InChI is InChI=1S/C13H18F3N/c1-9-6-4-5-7-12(9)11(3)17-10(2)8-13(14,15)16/h4-7,10-11,17H,8H2,1-3H3. The van der Waals surface area contributed by atoms with Gasteiger partial charge in [-0.25, -0.2) is 0 Å². The number of aryl methyl sites for hydroxylation is 1. The van der Waals surface area contributed by atoms with E-state index in [1.54, 1.807) is 6.92 Å². The van der Waals surface area contributed by atoms with Gasteiger partial charge in [0.2, 0.25) is 0 Å². The highest BCUT2D eigenvalue weighted by molar-refractivity contribution is 5.28. The summed E-state index contributed by atoms with van der Waals surface area (Å²) in [5.41, 5.74) is 2.13. The molecule has 0 aliphatic carbocycles. The van der Waals surface area contributed by atoms with E-state index in [2.05, 4.69) is 5.32 Å². The maximum atomic E-state index is 12.2. The fraction of sp³-hybridized carbons (Fsp3) is 0.538. The molecule has 2 unspecified atom stereocenters. The van der Waals surface area contributed by atoms with Gasteiger partial charge < -0.3 is 5.32 Å². The highest BCUT2D eigenvalue weighted by atomic mass is 19.4. The van der Waals surface area contributed by atoms with Crippen LogP contribution in [0, 0.1) is 6.92 Å². The Morgan fingerprint density at radius 2 is 1.76 bits per heavy atom.